The Morgan fingerprint density at radius 2 is 2.06 bits per heavy atom. The molecule has 1 aliphatic heterocycles. The van der Waals surface area contributed by atoms with Gasteiger partial charge in [-0.3, -0.25) is 9.69 Å². The molecule has 4 heteroatoms. The van der Waals surface area contributed by atoms with Crippen LogP contribution < -0.4 is 0 Å². The first-order valence-corrected chi connectivity index (χ1v) is 6.26. The van der Waals surface area contributed by atoms with Crippen molar-refractivity contribution in [2.75, 3.05) is 27.2 Å². The third-order valence-electron chi connectivity index (χ3n) is 3.42. The monoisotopic (exact) mass is 248 g/mol. The number of fused-ring (bicyclic) bond motifs is 1. The number of nitrogens with zero attached hydrogens (tertiary/aromatic N) is 2. The van der Waals surface area contributed by atoms with E-state index in [4.69, 9.17) is 0 Å². The van der Waals surface area contributed by atoms with E-state index in [1.807, 2.05) is 31.1 Å². The molecule has 1 aromatic carbocycles. The molecule has 0 aromatic heterocycles. The van der Waals surface area contributed by atoms with Crippen LogP contribution in [0.25, 0.3) is 0 Å². The second-order valence-corrected chi connectivity index (χ2v) is 5.11. The molecule has 1 heterocycles. The molecule has 2 rings (SSSR count). The summed E-state index contributed by atoms with van der Waals surface area (Å²) in [5, 5.41) is 9.35. The summed E-state index contributed by atoms with van der Waals surface area (Å²) in [5.74, 6) is -0.733. The molecule has 1 aromatic rings. The molecule has 1 atom stereocenters. The predicted molar refractivity (Wildman–Crippen MR) is 70.5 cm³/mol. The number of likely N-dealkylation sites (N-methyl/N-ethyl adjacent to an activating group) is 1. The van der Waals surface area contributed by atoms with Crippen molar-refractivity contribution in [1.82, 2.24) is 9.80 Å². The number of aliphatic carboxylic acids is 1. The topological polar surface area (TPSA) is 43.8 Å². The second-order valence-electron chi connectivity index (χ2n) is 5.11. The van der Waals surface area contributed by atoms with Crippen LogP contribution in [0.5, 0.6) is 0 Å². The Kier molecular flexibility index (Phi) is 3.99. The Labute approximate surface area is 108 Å². The van der Waals surface area contributed by atoms with Gasteiger partial charge in [-0.25, -0.2) is 0 Å². The number of carbonyl (C=O) groups is 1. The summed E-state index contributed by atoms with van der Waals surface area (Å²) >= 11 is 0. The van der Waals surface area contributed by atoms with Crippen molar-refractivity contribution in [1.29, 1.82) is 0 Å². The highest BCUT2D eigenvalue weighted by molar-refractivity contribution is 5.73. The molecule has 1 aliphatic rings. The highest BCUT2D eigenvalue weighted by Gasteiger charge is 2.28. The van der Waals surface area contributed by atoms with Gasteiger partial charge in [0.1, 0.15) is 6.04 Å². The quantitative estimate of drug-likeness (QED) is 0.865. The molecule has 0 aliphatic carbocycles. The van der Waals surface area contributed by atoms with E-state index in [0.717, 1.165) is 19.5 Å². The van der Waals surface area contributed by atoms with Gasteiger partial charge in [-0.1, -0.05) is 24.3 Å². The molecule has 0 amide bonds. The van der Waals surface area contributed by atoms with Crippen LogP contribution in [-0.2, 0) is 17.8 Å². The number of hydrogen-bond acceptors (Lipinski definition) is 3. The molecule has 4 nitrogen and oxygen atoms in total. The highest BCUT2D eigenvalue weighted by Crippen LogP contribution is 2.20. The van der Waals surface area contributed by atoms with Gasteiger partial charge in [0.05, 0.1) is 0 Å². The standard InChI is InChI=1S/C14H20N2O2/c1-15(2)10-13(14(17)18)16-8-7-11-5-3-4-6-12(11)9-16/h3-6,13H,7-10H2,1-2H3,(H,17,18). The number of rotatable bonds is 4. The predicted octanol–water partition coefficient (Wildman–Crippen LogP) is 1.06. The molecule has 1 unspecified atom stereocenters. The maximum absolute atomic E-state index is 11.4. The maximum atomic E-state index is 11.4. The third-order valence-corrected chi connectivity index (χ3v) is 3.42. The first-order valence-electron chi connectivity index (χ1n) is 6.26. The first-order chi connectivity index (χ1) is 8.58. The fraction of sp³-hybridized carbons (Fsp3) is 0.500. The summed E-state index contributed by atoms with van der Waals surface area (Å²) in [6, 6.07) is 7.87. The van der Waals surface area contributed by atoms with E-state index in [9.17, 15) is 9.90 Å². The van der Waals surface area contributed by atoms with E-state index in [0.29, 0.717) is 6.54 Å². The van der Waals surface area contributed by atoms with Crippen LogP contribution in [0.3, 0.4) is 0 Å². The number of carboxylic acids is 1. The van der Waals surface area contributed by atoms with Crippen molar-refractivity contribution in [3.63, 3.8) is 0 Å². The van der Waals surface area contributed by atoms with Crippen molar-refractivity contribution in [3.8, 4) is 0 Å². The van der Waals surface area contributed by atoms with Gasteiger partial charge < -0.3 is 10.0 Å². The van der Waals surface area contributed by atoms with Crippen molar-refractivity contribution in [3.05, 3.63) is 35.4 Å². The zero-order chi connectivity index (χ0) is 13.1. The van der Waals surface area contributed by atoms with Crippen molar-refractivity contribution in [2.45, 2.75) is 19.0 Å². The van der Waals surface area contributed by atoms with Crippen LogP contribution in [0.2, 0.25) is 0 Å². The molecule has 0 spiro atoms. The number of hydrogen-bond donors (Lipinski definition) is 1. The molecular formula is C14H20N2O2. The van der Waals surface area contributed by atoms with E-state index < -0.39 is 12.0 Å². The normalized spacial score (nSPS) is 17.5. The molecular weight excluding hydrogens is 228 g/mol. The first kappa shape index (κ1) is 13.1. The molecule has 0 bridgehead atoms. The van der Waals surface area contributed by atoms with Crippen LogP contribution in [0, 0.1) is 0 Å². The van der Waals surface area contributed by atoms with Gasteiger partial charge in [0.15, 0.2) is 0 Å². The lowest BCUT2D eigenvalue weighted by atomic mass is 9.98. The summed E-state index contributed by atoms with van der Waals surface area (Å²) in [6.45, 7) is 2.11. The Morgan fingerprint density at radius 3 is 2.67 bits per heavy atom. The highest BCUT2D eigenvalue weighted by atomic mass is 16.4. The Bertz CT molecular complexity index is 432. The minimum absolute atomic E-state index is 0.423. The average Bonchev–Trinajstić information content (AvgIpc) is 2.35. The summed E-state index contributed by atoms with van der Waals surface area (Å²) in [6.07, 6.45) is 0.938. The lowest BCUT2D eigenvalue weighted by molar-refractivity contribution is -0.144. The molecule has 0 radical (unpaired) electrons. The second kappa shape index (κ2) is 5.50. The lowest BCUT2D eigenvalue weighted by Gasteiger charge is -2.34. The minimum Gasteiger partial charge on any atom is -0.480 e. The molecule has 0 saturated heterocycles. The van der Waals surface area contributed by atoms with E-state index in [2.05, 4.69) is 17.0 Å². The van der Waals surface area contributed by atoms with Crippen LogP contribution in [0.4, 0.5) is 0 Å². The van der Waals surface area contributed by atoms with Crippen molar-refractivity contribution < 1.29 is 9.90 Å². The molecule has 1 N–H and O–H groups in total. The van der Waals surface area contributed by atoms with Gasteiger partial charge in [0.25, 0.3) is 0 Å². The van der Waals surface area contributed by atoms with Crippen LogP contribution in [0.15, 0.2) is 24.3 Å². The van der Waals surface area contributed by atoms with Gasteiger partial charge in [-0.2, -0.15) is 0 Å². The van der Waals surface area contributed by atoms with Gasteiger partial charge >= 0.3 is 5.97 Å². The smallest absolute Gasteiger partial charge is 0.322 e. The van der Waals surface area contributed by atoms with Crippen molar-refractivity contribution in [2.24, 2.45) is 0 Å². The van der Waals surface area contributed by atoms with Crippen LogP contribution in [0.1, 0.15) is 11.1 Å². The van der Waals surface area contributed by atoms with Crippen LogP contribution >= 0.6 is 0 Å². The number of carboxylic acid groups (broad SMARTS) is 1. The van der Waals surface area contributed by atoms with Crippen molar-refractivity contribution >= 4 is 5.97 Å². The zero-order valence-electron chi connectivity index (χ0n) is 11.0. The van der Waals surface area contributed by atoms with Gasteiger partial charge in [0.2, 0.25) is 0 Å². The molecule has 0 fully saturated rings. The summed E-state index contributed by atoms with van der Waals surface area (Å²) in [5.41, 5.74) is 2.61. The van der Waals surface area contributed by atoms with E-state index >= 15 is 0 Å². The SMILES string of the molecule is CN(C)CC(C(=O)O)N1CCc2ccccc2C1. The maximum Gasteiger partial charge on any atom is 0.322 e. The molecule has 98 valence electrons. The van der Waals surface area contributed by atoms with Crippen LogP contribution in [-0.4, -0.2) is 54.1 Å². The summed E-state index contributed by atoms with van der Waals surface area (Å²) in [4.78, 5) is 15.4. The van der Waals surface area contributed by atoms with Gasteiger partial charge in [0, 0.05) is 19.6 Å². The average molecular weight is 248 g/mol. The Hall–Kier alpha value is -1.39. The number of benzene rings is 1. The molecule has 18 heavy (non-hydrogen) atoms. The lowest BCUT2D eigenvalue weighted by Crippen LogP contribution is -2.49. The Balaban J connectivity index is 2.13. The largest absolute Gasteiger partial charge is 0.480 e. The fourth-order valence-corrected chi connectivity index (χ4v) is 2.48. The molecule has 0 saturated carbocycles. The summed E-state index contributed by atoms with van der Waals surface area (Å²) in [7, 11) is 3.82. The van der Waals surface area contributed by atoms with E-state index in [1.165, 1.54) is 11.1 Å². The third kappa shape index (κ3) is 2.89. The summed E-state index contributed by atoms with van der Waals surface area (Å²) < 4.78 is 0. The zero-order valence-corrected chi connectivity index (χ0v) is 11.0. The van der Waals surface area contributed by atoms with E-state index in [-0.39, 0.29) is 0 Å². The van der Waals surface area contributed by atoms with Gasteiger partial charge in [-0.15, -0.1) is 0 Å². The fourth-order valence-electron chi connectivity index (χ4n) is 2.48. The Morgan fingerprint density at radius 1 is 1.39 bits per heavy atom. The van der Waals surface area contributed by atoms with Gasteiger partial charge in [-0.05, 0) is 31.6 Å². The van der Waals surface area contributed by atoms with E-state index in [1.54, 1.807) is 0 Å². The minimum atomic E-state index is -0.733.